The Morgan fingerprint density at radius 1 is 1.05 bits per heavy atom. The molecule has 4 aliphatic rings. The summed E-state index contributed by atoms with van der Waals surface area (Å²) in [7, 11) is 1.45. The summed E-state index contributed by atoms with van der Waals surface area (Å²) in [5.41, 5.74) is 3.34. The number of esters is 1. The summed E-state index contributed by atoms with van der Waals surface area (Å²) in [5.74, 6) is 3.26. The highest BCUT2D eigenvalue weighted by atomic mass is 16.5. The first-order valence-electron chi connectivity index (χ1n) is 8.13. The third-order valence-corrected chi connectivity index (χ3v) is 5.77. The van der Waals surface area contributed by atoms with Crippen LogP contribution in [0, 0.1) is 23.7 Å². The van der Waals surface area contributed by atoms with Crippen molar-refractivity contribution in [1.29, 1.82) is 0 Å². The van der Waals surface area contributed by atoms with Gasteiger partial charge in [-0.2, -0.15) is 0 Å². The fraction of sp³-hybridized carbons (Fsp3) is 0.526. The summed E-state index contributed by atoms with van der Waals surface area (Å²) in [4.78, 5) is 11.9. The molecule has 4 aliphatic carbocycles. The lowest BCUT2D eigenvalue weighted by Gasteiger charge is -2.51. The van der Waals surface area contributed by atoms with E-state index in [-0.39, 0.29) is 5.97 Å². The molecule has 4 bridgehead atoms. The van der Waals surface area contributed by atoms with Crippen LogP contribution in [0.2, 0.25) is 0 Å². The SMILES string of the molecule is COC(=O)c1ccccc1C=C1C2CC3CC(C2)CC1C3. The average Bonchev–Trinajstić information content (AvgIpc) is 2.50. The Balaban J connectivity index is 1.70. The third kappa shape index (κ3) is 2.21. The van der Waals surface area contributed by atoms with Gasteiger partial charge in [-0.15, -0.1) is 0 Å². The van der Waals surface area contributed by atoms with E-state index in [2.05, 4.69) is 6.08 Å². The van der Waals surface area contributed by atoms with E-state index in [1.165, 1.54) is 39.2 Å². The predicted octanol–water partition coefficient (Wildman–Crippen LogP) is 4.31. The summed E-state index contributed by atoms with van der Waals surface area (Å²) in [6.45, 7) is 0. The van der Waals surface area contributed by atoms with E-state index in [0.717, 1.165) is 29.2 Å². The van der Waals surface area contributed by atoms with Crippen molar-refractivity contribution in [2.45, 2.75) is 32.1 Å². The molecule has 4 saturated carbocycles. The Morgan fingerprint density at radius 2 is 1.67 bits per heavy atom. The molecule has 0 aromatic heterocycles. The van der Waals surface area contributed by atoms with Gasteiger partial charge >= 0.3 is 5.97 Å². The first-order valence-corrected chi connectivity index (χ1v) is 8.13. The number of methoxy groups -OCH3 is 1. The van der Waals surface area contributed by atoms with Crippen molar-refractivity contribution in [3.05, 3.63) is 41.0 Å². The van der Waals surface area contributed by atoms with E-state index < -0.39 is 0 Å². The van der Waals surface area contributed by atoms with Crippen molar-refractivity contribution in [2.75, 3.05) is 7.11 Å². The monoisotopic (exact) mass is 282 g/mol. The van der Waals surface area contributed by atoms with Gasteiger partial charge in [-0.1, -0.05) is 29.8 Å². The summed E-state index contributed by atoms with van der Waals surface area (Å²) in [5, 5.41) is 0. The van der Waals surface area contributed by atoms with Gasteiger partial charge in [-0.3, -0.25) is 0 Å². The lowest BCUT2D eigenvalue weighted by molar-refractivity contribution is 0.0600. The second kappa shape index (κ2) is 5.01. The maximum absolute atomic E-state index is 11.9. The number of carbonyl (C=O) groups is 1. The van der Waals surface area contributed by atoms with Crippen molar-refractivity contribution in [1.82, 2.24) is 0 Å². The van der Waals surface area contributed by atoms with Gasteiger partial charge in [-0.25, -0.2) is 4.79 Å². The first kappa shape index (κ1) is 13.1. The van der Waals surface area contributed by atoms with E-state index in [9.17, 15) is 4.79 Å². The van der Waals surface area contributed by atoms with Crippen LogP contribution in [0.4, 0.5) is 0 Å². The molecule has 0 N–H and O–H groups in total. The minimum Gasteiger partial charge on any atom is -0.465 e. The van der Waals surface area contributed by atoms with Gasteiger partial charge in [0, 0.05) is 0 Å². The van der Waals surface area contributed by atoms with Crippen LogP contribution in [0.15, 0.2) is 29.8 Å². The van der Waals surface area contributed by atoms with Crippen LogP contribution in [-0.2, 0) is 4.74 Å². The largest absolute Gasteiger partial charge is 0.465 e. The van der Waals surface area contributed by atoms with Gasteiger partial charge in [0.15, 0.2) is 0 Å². The molecule has 4 fully saturated rings. The highest BCUT2D eigenvalue weighted by Gasteiger charge is 2.44. The molecule has 1 aromatic rings. The van der Waals surface area contributed by atoms with Crippen molar-refractivity contribution in [3.8, 4) is 0 Å². The van der Waals surface area contributed by atoms with E-state index >= 15 is 0 Å². The van der Waals surface area contributed by atoms with E-state index in [0.29, 0.717) is 5.56 Å². The quantitative estimate of drug-likeness (QED) is 0.755. The second-order valence-corrected chi connectivity index (χ2v) is 7.03. The van der Waals surface area contributed by atoms with Crippen LogP contribution >= 0.6 is 0 Å². The van der Waals surface area contributed by atoms with Gasteiger partial charge in [0.1, 0.15) is 0 Å². The molecule has 0 radical (unpaired) electrons. The number of rotatable bonds is 2. The fourth-order valence-corrected chi connectivity index (χ4v) is 5.06. The Morgan fingerprint density at radius 3 is 2.29 bits per heavy atom. The normalized spacial score (nSPS) is 33.1. The van der Waals surface area contributed by atoms with E-state index in [1.807, 2.05) is 24.3 Å². The van der Waals surface area contributed by atoms with Crippen LogP contribution < -0.4 is 0 Å². The number of hydrogen-bond acceptors (Lipinski definition) is 2. The van der Waals surface area contributed by atoms with Crippen molar-refractivity contribution in [3.63, 3.8) is 0 Å². The fourth-order valence-electron chi connectivity index (χ4n) is 5.06. The second-order valence-electron chi connectivity index (χ2n) is 7.03. The van der Waals surface area contributed by atoms with Gasteiger partial charge < -0.3 is 4.74 Å². The minimum absolute atomic E-state index is 0.230. The lowest BCUT2D eigenvalue weighted by atomic mass is 9.54. The van der Waals surface area contributed by atoms with Crippen molar-refractivity contribution in [2.24, 2.45) is 23.7 Å². The zero-order chi connectivity index (χ0) is 14.4. The van der Waals surface area contributed by atoms with E-state index in [1.54, 1.807) is 5.57 Å². The molecule has 0 heterocycles. The molecule has 0 atom stereocenters. The zero-order valence-corrected chi connectivity index (χ0v) is 12.5. The molecule has 1 aromatic carbocycles. The standard InChI is InChI=1S/C19H22O2/c1-21-19(20)17-5-3-2-4-14(17)11-18-15-7-12-6-13(9-15)10-16(18)8-12/h2-5,11-13,15-16H,6-10H2,1H3. The Labute approximate surface area is 126 Å². The Hall–Kier alpha value is -1.57. The average molecular weight is 282 g/mol. The molecule has 0 unspecified atom stereocenters. The highest BCUT2D eigenvalue weighted by Crippen LogP contribution is 2.56. The number of benzene rings is 1. The summed E-state index contributed by atoms with van der Waals surface area (Å²) >= 11 is 0. The molecule has 2 heteroatoms. The van der Waals surface area contributed by atoms with Gasteiger partial charge in [0.2, 0.25) is 0 Å². The highest BCUT2D eigenvalue weighted by molar-refractivity contribution is 5.93. The number of hydrogen-bond donors (Lipinski definition) is 0. The topological polar surface area (TPSA) is 26.3 Å². The number of carbonyl (C=O) groups excluding carboxylic acids is 1. The molecule has 5 rings (SSSR count). The number of ether oxygens (including phenoxy) is 1. The number of allylic oxidation sites excluding steroid dienone is 1. The van der Waals surface area contributed by atoms with Crippen LogP contribution in [0.25, 0.3) is 6.08 Å². The Bertz CT molecular complexity index is 569. The van der Waals surface area contributed by atoms with E-state index in [4.69, 9.17) is 4.74 Å². The molecule has 0 amide bonds. The molecule has 2 nitrogen and oxygen atoms in total. The smallest absolute Gasteiger partial charge is 0.338 e. The molecule has 21 heavy (non-hydrogen) atoms. The van der Waals surface area contributed by atoms with Crippen LogP contribution in [0.5, 0.6) is 0 Å². The zero-order valence-electron chi connectivity index (χ0n) is 12.5. The van der Waals surface area contributed by atoms with Crippen molar-refractivity contribution < 1.29 is 9.53 Å². The Kier molecular flexibility index (Phi) is 3.13. The van der Waals surface area contributed by atoms with Gasteiger partial charge in [-0.05, 0) is 67.4 Å². The molecule has 0 spiro atoms. The maximum Gasteiger partial charge on any atom is 0.338 e. The van der Waals surface area contributed by atoms with Crippen LogP contribution in [0.3, 0.4) is 0 Å². The van der Waals surface area contributed by atoms with Crippen LogP contribution in [0.1, 0.15) is 48.0 Å². The summed E-state index contributed by atoms with van der Waals surface area (Å²) in [6.07, 6.45) is 9.27. The molecule has 0 aliphatic heterocycles. The summed E-state index contributed by atoms with van der Waals surface area (Å²) in [6, 6.07) is 7.83. The van der Waals surface area contributed by atoms with Crippen molar-refractivity contribution >= 4 is 12.0 Å². The van der Waals surface area contributed by atoms with Gasteiger partial charge in [0.05, 0.1) is 12.7 Å². The molecule has 0 saturated heterocycles. The van der Waals surface area contributed by atoms with Gasteiger partial charge in [0.25, 0.3) is 0 Å². The maximum atomic E-state index is 11.9. The summed E-state index contributed by atoms with van der Waals surface area (Å²) < 4.78 is 4.92. The molecular weight excluding hydrogens is 260 g/mol. The van der Waals surface area contributed by atoms with Crippen LogP contribution in [-0.4, -0.2) is 13.1 Å². The molecular formula is C19H22O2. The lowest BCUT2D eigenvalue weighted by Crippen LogP contribution is -2.40. The predicted molar refractivity (Wildman–Crippen MR) is 82.8 cm³/mol. The first-order chi connectivity index (χ1) is 10.2. The minimum atomic E-state index is -0.230. The molecule has 110 valence electrons. The third-order valence-electron chi connectivity index (χ3n) is 5.77.